The van der Waals surface area contributed by atoms with E-state index in [2.05, 4.69) is 4.98 Å². The van der Waals surface area contributed by atoms with Gasteiger partial charge in [-0.25, -0.2) is 0 Å². The summed E-state index contributed by atoms with van der Waals surface area (Å²) in [7, 11) is 1.79. The summed E-state index contributed by atoms with van der Waals surface area (Å²) >= 11 is 0. The summed E-state index contributed by atoms with van der Waals surface area (Å²) in [6.45, 7) is 3.10. The molecule has 2 saturated heterocycles. The smallest absolute Gasteiger partial charge is 0.254 e. The predicted molar refractivity (Wildman–Crippen MR) is 109 cm³/mol. The molecule has 2 aliphatic heterocycles. The molecule has 0 saturated carbocycles. The number of carbonyl (C=O) groups excluding carboxylic acids is 2. The zero-order chi connectivity index (χ0) is 20.4. The highest BCUT2D eigenvalue weighted by molar-refractivity contribution is 5.96. The zero-order valence-corrected chi connectivity index (χ0v) is 17.0. The molecule has 0 bridgehead atoms. The van der Waals surface area contributed by atoms with Gasteiger partial charge >= 0.3 is 0 Å². The van der Waals surface area contributed by atoms with Gasteiger partial charge in [-0.3, -0.25) is 14.6 Å². The van der Waals surface area contributed by atoms with Crippen molar-refractivity contribution < 1.29 is 14.3 Å². The van der Waals surface area contributed by atoms with Gasteiger partial charge in [0.25, 0.3) is 11.8 Å². The van der Waals surface area contributed by atoms with Crippen molar-refractivity contribution in [3.8, 4) is 0 Å². The largest absolute Gasteiger partial charge is 0.363 e. The molecule has 0 spiro atoms. The number of ether oxygens (including phenoxy) is 1. The van der Waals surface area contributed by atoms with Crippen LogP contribution in [0.15, 0.2) is 48.7 Å². The van der Waals surface area contributed by atoms with E-state index in [0.717, 1.165) is 29.7 Å². The third kappa shape index (κ3) is 4.03. The minimum Gasteiger partial charge on any atom is -0.363 e. The average Bonchev–Trinajstić information content (AvgIpc) is 3.17. The molecule has 29 heavy (non-hydrogen) atoms. The summed E-state index contributed by atoms with van der Waals surface area (Å²) in [6, 6.07) is 13.4. The van der Waals surface area contributed by atoms with Crippen LogP contribution in [0.2, 0.25) is 0 Å². The monoisotopic (exact) mass is 393 g/mol. The Morgan fingerprint density at radius 2 is 1.93 bits per heavy atom. The van der Waals surface area contributed by atoms with Crippen LogP contribution in [0.5, 0.6) is 0 Å². The molecule has 2 fully saturated rings. The number of benzene rings is 1. The Morgan fingerprint density at radius 1 is 1.14 bits per heavy atom. The Labute approximate surface area is 171 Å². The van der Waals surface area contributed by atoms with Crippen molar-refractivity contribution in [2.45, 2.75) is 51.0 Å². The first-order valence-corrected chi connectivity index (χ1v) is 10.2. The second-order valence-electron chi connectivity index (χ2n) is 7.93. The summed E-state index contributed by atoms with van der Waals surface area (Å²) in [5.74, 6) is 0.0500. The number of aryl methyl sites for hydroxylation is 1. The normalized spacial score (nSPS) is 23.5. The number of rotatable bonds is 4. The topological polar surface area (TPSA) is 62.7 Å². The maximum absolute atomic E-state index is 13.0. The van der Waals surface area contributed by atoms with E-state index in [1.165, 1.54) is 0 Å². The predicted octanol–water partition coefficient (Wildman–Crippen LogP) is 2.81. The van der Waals surface area contributed by atoms with Crippen molar-refractivity contribution in [3.63, 3.8) is 0 Å². The number of hydrogen-bond donors (Lipinski definition) is 0. The quantitative estimate of drug-likeness (QED) is 0.801. The molecule has 1 aromatic heterocycles. The summed E-state index contributed by atoms with van der Waals surface area (Å²) in [5.41, 5.74) is 2.59. The molecule has 6 nitrogen and oxygen atoms in total. The molecule has 152 valence electrons. The van der Waals surface area contributed by atoms with Crippen LogP contribution in [0.25, 0.3) is 0 Å². The second-order valence-corrected chi connectivity index (χ2v) is 7.93. The minimum absolute atomic E-state index is 0.0159. The van der Waals surface area contributed by atoms with Gasteiger partial charge < -0.3 is 14.5 Å². The first-order chi connectivity index (χ1) is 14.0. The first-order valence-electron chi connectivity index (χ1n) is 10.2. The molecule has 0 radical (unpaired) electrons. The van der Waals surface area contributed by atoms with Gasteiger partial charge in [-0.2, -0.15) is 0 Å². The van der Waals surface area contributed by atoms with Gasteiger partial charge in [0, 0.05) is 25.4 Å². The fourth-order valence-corrected chi connectivity index (χ4v) is 4.39. The lowest BCUT2D eigenvalue weighted by Gasteiger charge is -2.36. The van der Waals surface area contributed by atoms with E-state index in [-0.39, 0.29) is 24.0 Å². The van der Waals surface area contributed by atoms with Crippen LogP contribution in [0.4, 0.5) is 0 Å². The van der Waals surface area contributed by atoms with Crippen LogP contribution in [0, 0.1) is 6.92 Å². The van der Waals surface area contributed by atoms with E-state index in [4.69, 9.17) is 4.74 Å². The van der Waals surface area contributed by atoms with E-state index in [9.17, 15) is 9.59 Å². The third-order valence-corrected chi connectivity index (χ3v) is 5.96. The molecule has 2 amide bonds. The Morgan fingerprint density at radius 3 is 2.69 bits per heavy atom. The molecule has 1 aromatic carbocycles. The van der Waals surface area contributed by atoms with Gasteiger partial charge in [0.1, 0.15) is 6.10 Å². The molecule has 6 heteroatoms. The molecule has 2 aliphatic rings. The van der Waals surface area contributed by atoms with Gasteiger partial charge in [-0.15, -0.1) is 0 Å². The average molecular weight is 393 g/mol. The van der Waals surface area contributed by atoms with Crippen molar-refractivity contribution in [1.29, 1.82) is 0 Å². The van der Waals surface area contributed by atoms with Crippen LogP contribution < -0.4 is 0 Å². The molecular formula is C23H27N3O3. The Hall–Kier alpha value is -2.73. The summed E-state index contributed by atoms with van der Waals surface area (Å²) < 4.78 is 6.17. The molecule has 0 unspecified atom stereocenters. The van der Waals surface area contributed by atoms with Gasteiger partial charge in [0.15, 0.2) is 0 Å². The van der Waals surface area contributed by atoms with E-state index in [1.54, 1.807) is 18.1 Å². The van der Waals surface area contributed by atoms with Crippen LogP contribution in [-0.4, -0.2) is 58.4 Å². The van der Waals surface area contributed by atoms with E-state index in [1.807, 2.05) is 54.3 Å². The van der Waals surface area contributed by atoms with Crippen LogP contribution >= 0.6 is 0 Å². The highest BCUT2D eigenvalue weighted by atomic mass is 16.5. The number of nitrogens with zero attached hydrogens (tertiary/aromatic N) is 3. The summed E-state index contributed by atoms with van der Waals surface area (Å²) in [6.07, 6.45) is 3.40. The number of amides is 2. The lowest BCUT2D eigenvalue weighted by Crippen LogP contribution is -2.49. The molecule has 4 rings (SSSR count). The number of fused-ring (bicyclic) bond motifs is 1. The number of carbonyl (C=O) groups is 2. The SMILES string of the molecule is Cc1ccccc1C(=O)N1CC[C@H]2O[C@H](C(=O)N(C)Cc3ccccn3)CC[C@H]21. The lowest BCUT2D eigenvalue weighted by atomic mass is 9.97. The third-order valence-electron chi connectivity index (χ3n) is 5.96. The molecule has 3 atom stereocenters. The van der Waals surface area contributed by atoms with E-state index < -0.39 is 6.10 Å². The fraction of sp³-hybridized carbons (Fsp3) is 0.435. The summed E-state index contributed by atoms with van der Waals surface area (Å²) in [5, 5.41) is 0. The number of aromatic nitrogens is 1. The lowest BCUT2D eigenvalue weighted by molar-refractivity contribution is -0.153. The Balaban J connectivity index is 1.38. The van der Waals surface area contributed by atoms with E-state index in [0.29, 0.717) is 19.5 Å². The highest BCUT2D eigenvalue weighted by Crippen LogP contribution is 2.33. The molecule has 2 aromatic rings. The van der Waals surface area contributed by atoms with Gasteiger partial charge in [0.2, 0.25) is 0 Å². The number of pyridine rings is 1. The maximum Gasteiger partial charge on any atom is 0.254 e. The van der Waals surface area contributed by atoms with Crippen LogP contribution in [0.3, 0.4) is 0 Å². The summed E-state index contributed by atoms with van der Waals surface area (Å²) in [4.78, 5) is 33.8. The van der Waals surface area contributed by atoms with Gasteiger partial charge in [-0.05, 0) is 49.9 Å². The van der Waals surface area contributed by atoms with Crippen molar-refractivity contribution in [2.24, 2.45) is 0 Å². The minimum atomic E-state index is -0.446. The van der Waals surface area contributed by atoms with Crippen molar-refractivity contribution in [1.82, 2.24) is 14.8 Å². The Kier molecular flexibility index (Phi) is 5.62. The molecular weight excluding hydrogens is 366 g/mol. The van der Waals surface area contributed by atoms with Crippen molar-refractivity contribution >= 4 is 11.8 Å². The van der Waals surface area contributed by atoms with E-state index >= 15 is 0 Å². The van der Waals surface area contributed by atoms with Gasteiger partial charge in [-0.1, -0.05) is 24.3 Å². The molecule has 0 aliphatic carbocycles. The molecule has 3 heterocycles. The van der Waals surface area contributed by atoms with Crippen molar-refractivity contribution in [3.05, 3.63) is 65.5 Å². The fourth-order valence-electron chi connectivity index (χ4n) is 4.39. The number of likely N-dealkylation sites (tertiary alicyclic amines) is 1. The van der Waals surface area contributed by atoms with Crippen molar-refractivity contribution in [2.75, 3.05) is 13.6 Å². The standard InChI is InChI=1S/C23H27N3O3/c1-16-7-3-4-9-18(16)22(27)26-14-12-20-19(26)10-11-21(29-20)23(28)25(2)15-17-8-5-6-13-24-17/h3-9,13,19-21H,10-12,14-15H2,1-2H3/t19-,20-,21+/m1/s1. The number of hydrogen-bond acceptors (Lipinski definition) is 4. The molecule has 0 N–H and O–H groups in total. The number of likely N-dealkylation sites (N-methyl/N-ethyl adjacent to an activating group) is 1. The highest BCUT2D eigenvalue weighted by Gasteiger charge is 2.44. The van der Waals surface area contributed by atoms with Crippen LogP contribution in [0.1, 0.15) is 40.9 Å². The van der Waals surface area contributed by atoms with Crippen LogP contribution in [-0.2, 0) is 16.1 Å². The second kappa shape index (κ2) is 8.33. The van der Waals surface area contributed by atoms with Gasteiger partial charge in [0.05, 0.1) is 24.4 Å². The Bertz CT molecular complexity index is 886. The first kappa shape index (κ1) is 19.6. The maximum atomic E-state index is 13.0. The zero-order valence-electron chi connectivity index (χ0n) is 17.0.